The van der Waals surface area contributed by atoms with Crippen LogP contribution in [0.1, 0.15) is 41.3 Å². The van der Waals surface area contributed by atoms with E-state index in [1.165, 1.54) is 5.56 Å². The van der Waals surface area contributed by atoms with Gasteiger partial charge in [0.25, 0.3) is 5.91 Å². The first kappa shape index (κ1) is 21.6. The Hall–Kier alpha value is -4.19. The standard InChI is InChI=1S/C28H26N4O2/c1-17(2)19-9-11-22(12-10-19)32-30-25-13-18(3)24(16-26(25)31-32)29-28(33)23-14-20-7-5-6-8-21(20)15-27(23)34-4/h5-17H,1-4H3,(H,29,33). The molecule has 1 aromatic heterocycles. The minimum absolute atomic E-state index is 0.235. The summed E-state index contributed by atoms with van der Waals surface area (Å²) in [6.45, 7) is 6.28. The van der Waals surface area contributed by atoms with Gasteiger partial charge in [0.1, 0.15) is 16.8 Å². The smallest absolute Gasteiger partial charge is 0.259 e. The second-order valence-corrected chi connectivity index (χ2v) is 8.75. The van der Waals surface area contributed by atoms with Crippen molar-refractivity contribution in [2.45, 2.75) is 26.7 Å². The average molecular weight is 451 g/mol. The zero-order valence-electron chi connectivity index (χ0n) is 19.7. The lowest BCUT2D eigenvalue weighted by Crippen LogP contribution is -2.14. The molecule has 1 amide bonds. The van der Waals surface area contributed by atoms with Crippen molar-refractivity contribution in [3.8, 4) is 11.4 Å². The molecule has 34 heavy (non-hydrogen) atoms. The maximum atomic E-state index is 13.2. The monoisotopic (exact) mass is 450 g/mol. The minimum Gasteiger partial charge on any atom is -0.496 e. The summed E-state index contributed by atoms with van der Waals surface area (Å²) in [5.74, 6) is 0.765. The molecular formula is C28H26N4O2. The van der Waals surface area contributed by atoms with E-state index in [4.69, 9.17) is 4.74 Å². The fourth-order valence-electron chi connectivity index (χ4n) is 4.07. The number of carbonyl (C=O) groups excluding carboxylic acids is 1. The van der Waals surface area contributed by atoms with Crippen LogP contribution in [0, 0.1) is 6.92 Å². The van der Waals surface area contributed by atoms with Crippen molar-refractivity contribution in [3.05, 3.63) is 89.5 Å². The Kier molecular flexibility index (Phi) is 5.49. The summed E-state index contributed by atoms with van der Waals surface area (Å²) in [6.07, 6.45) is 0. The Labute approximate surface area is 198 Å². The molecule has 1 heterocycles. The van der Waals surface area contributed by atoms with Gasteiger partial charge in [-0.3, -0.25) is 4.79 Å². The van der Waals surface area contributed by atoms with Gasteiger partial charge in [0, 0.05) is 5.69 Å². The number of hydrogen-bond donors (Lipinski definition) is 1. The number of carbonyl (C=O) groups is 1. The van der Waals surface area contributed by atoms with Crippen LogP contribution in [0.4, 0.5) is 5.69 Å². The van der Waals surface area contributed by atoms with E-state index in [2.05, 4.69) is 41.5 Å². The van der Waals surface area contributed by atoms with Gasteiger partial charge in [-0.1, -0.05) is 50.2 Å². The molecule has 0 aliphatic carbocycles. The maximum Gasteiger partial charge on any atom is 0.259 e. The molecule has 0 unspecified atom stereocenters. The van der Waals surface area contributed by atoms with E-state index >= 15 is 0 Å². The summed E-state index contributed by atoms with van der Waals surface area (Å²) in [7, 11) is 1.57. The number of nitrogens with zero attached hydrogens (tertiary/aromatic N) is 3. The van der Waals surface area contributed by atoms with Gasteiger partial charge < -0.3 is 10.1 Å². The van der Waals surface area contributed by atoms with E-state index < -0.39 is 0 Å². The van der Waals surface area contributed by atoms with Gasteiger partial charge in [-0.2, -0.15) is 4.80 Å². The third-order valence-electron chi connectivity index (χ3n) is 6.08. The van der Waals surface area contributed by atoms with Gasteiger partial charge in [0.05, 0.1) is 18.4 Å². The predicted molar refractivity (Wildman–Crippen MR) is 136 cm³/mol. The highest BCUT2D eigenvalue weighted by Gasteiger charge is 2.16. The Morgan fingerprint density at radius 3 is 2.21 bits per heavy atom. The maximum absolute atomic E-state index is 13.2. The second-order valence-electron chi connectivity index (χ2n) is 8.75. The number of fused-ring (bicyclic) bond motifs is 2. The van der Waals surface area contributed by atoms with Crippen LogP contribution in [0.25, 0.3) is 27.5 Å². The molecule has 0 fully saturated rings. The van der Waals surface area contributed by atoms with Crippen LogP contribution in [-0.2, 0) is 0 Å². The van der Waals surface area contributed by atoms with Gasteiger partial charge in [0.15, 0.2) is 0 Å². The molecule has 5 aromatic rings. The number of methoxy groups -OCH3 is 1. The lowest BCUT2D eigenvalue weighted by Gasteiger charge is -2.12. The number of rotatable bonds is 5. The number of benzene rings is 4. The highest BCUT2D eigenvalue weighted by atomic mass is 16.5. The molecule has 0 saturated carbocycles. The molecule has 0 aliphatic rings. The van der Waals surface area contributed by atoms with Crippen LogP contribution in [0.2, 0.25) is 0 Å². The third kappa shape index (κ3) is 3.99. The molecule has 0 bridgehead atoms. The lowest BCUT2D eigenvalue weighted by atomic mass is 10.0. The Morgan fingerprint density at radius 1 is 0.912 bits per heavy atom. The zero-order valence-corrected chi connectivity index (χ0v) is 19.7. The first-order valence-electron chi connectivity index (χ1n) is 11.3. The normalized spacial score (nSPS) is 11.3. The third-order valence-corrected chi connectivity index (χ3v) is 6.08. The highest BCUT2D eigenvalue weighted by Crippen LogP contribution is 2.28. The van der Waals surface area contributed by atoms with Crippen molar-refractivity contribution in [2.24, 2.45) is 0 Å². The molecule has 170 valence electrons. The van der Waals surface area contributed by atoms with E-state index in [0.717, 1.165) is 27.5 Å². The number of hydrogen-bond acceptors (Lipinski definition) is 4. The molecule has 0 atom stereocenters. The highest BCUT2D eigenvalue weighted by molar-refractivity contribution is 6.09. The van der Waals surface area contributed by atoms with Crippen LogP contribution in [0.5, 0.6) is 5.75 Å². The molecule has 0 aliphatic heterocycles. The van der Waals surface area contributed by atoms with Gasteiger partial charge in [-0.25, -0.2) is 0 Å². The largest absolute Gasteiger partial charge is 0.496 e. The van der Waals surface area contributed by atoms with E-state index in [1.54, 1.807) is 11.9 Å². The lowest BCUT2D eigenvalue weighted by molar-refractivity contribution is 0.102. The molecule has 4 aromatic carbocycles. The number of anilines is 1. The number of aryl methyl sites for hydroxylation is 1. The number of nitrogens with one attached hydrogen (secondary N) is 1. The van der Waals surface area contributed by atoms with Gasteiger partial charge in [-0.15, -0.1) is 10.2 Å². The first-order valence-corrected chi connectivity index (χ1v) is 11.3. The number of aromatic nitrogens is 3. The molecule has 6 nitrogen and oxygen atoms in total. The van der Waals surface area contributed by atoms with Crippen molar-refractivity contribution < 1.29 is 9.53 Å². The SMILES string of the molecule is COc1cc2ccccc2cc1C(=O)Nc1cc2nn(-c3ccc(C(C)C)cc3)nc2cc1C. The summed E-state index contributed by atoms with van der Waals surface area (Å²) >= 11 is 0. The Bertz CT molecular complexity index is 1520. The molecule has 5 rings (SSSR count). The minimum atomic E-state index is -0.235. The summed E-state index contributed by atoms with van der Waals surface area (Å²) in [6, 6.07) is 23.7. The quantitative estimate of drug-likeness (QED) is 0.343. The summed E-state index contributed by atoms with van der Waals surface area (Å²) in [5, 5.41) is 14.3. The van der Waals surface area contributed by atoms with E-state index in [1.807, 2.05) is 67.6 Å². The van der Waals surface area contributed by atoms with E-state index in [-0.39, 0.29) is 5.91 Å². The predicted octanol–water partition coefficient (Wildman–Crippen LogP) is 6.27. The molecule has 0 spiro atoms. The van der Waals surface area contributed by atoms with Crippen molar-refractivity contribution in [1.82, 2.24) is 15.0 Å². The zero-order chi connectivity index (χ0) is 23.8. The fourth-order valence-corrected chi connectivity index (χ4v) is 4.07. The molecule has 0 radical (unpaired) electrons. The molecule has 6 heteroatoms. The summed E-state index contributed by atoms with van der Waals surface area (Å²) < 4.78 is 5.50. The second kappa shape index (κ2) is 8.63. The van der Waals surface area contributed by atoms with Crippen LogP contribution in [0.3, 0.4) is 0 Å². The summed E-state index contributed by atoms with van der Waals surface area (Å²) in [5.41, 5.74) is 5.72. The van der Waals surface area contributed by atoms with Gasteiger partial charge in [0.2, 0.25) is 0 Å². The summed E-state index contributed by atoms with van der Waals surface area (Å²) in [4.78, 5) is 14.8. The van der Waals surface area contributed by atoms with Crippen molar-refractivity contribution in [1.29, 1.82) is 0 Å². The average Bonchev–Trinajstić information content (AvgIpc) is 3.26. The van der Waals surface area contributed by atoms with E-state index in [9.17, 15) is 4.79 Å². The molecule has 0 saturated heterocycles. The Balaban J connectivity index is 1.47. The van der Waals surface area contributed by atoms with E-state index in [0.29, 0.717) is 28.4 Å². The van der Waals surface area contributed by atoms with Crippen LogP contribution in [-0.4, -0.2) is 28.0 Å². The van der Waals surface area contributed by atoms with Crippen molar-refractivity contribution in [3.63, 3.8) is 0 Å². The van der Waals surface area contributed by atoms with Crippen LogP contribution in [0.15, 0.2) is 72.8 Å². The number of ether oxygens (including phenoxy) is 1. The van der Waals surface area contributed by atoms with Crippen LogP contribution < -0.4 is 10.1 Å². The molecular weight excluding hydrogens is 424 g/mol. The number of amides is 1. The van der Waals surface area contributed by atoms with Gasteiger partial charge in [-0.05, 0) is 71.1 Å². The Morgan fingerprint density at radius 2 is 1.56 bits per heavy atom. The molecule has 1 N–H and O–H groups in total. The van der Waals surface area contributed by atoms with Crippen molar-refractivity contribution in [2.75, 3.05) is 12.4 Å². The fraction of sp³-hybridized carbons (Fsp3) is 0.179. The van der Waals surface area contributed by atoms with Crippen molar-refractivity contribution >= 4 is 33.4 Å². The topological polar surface area (TPSA) is 69.0 Å². The van der Waals surface area contributed by atoms with Gasteiger partial charge >= 0.3 is 0 Å². The first-order chi connectivity index (χ1) is 16.4. The van der Waals surface area contributed by atoms with Crippen LogP contribution >= 0.6 is 0 Å².